The van der Waals surface area contributed by atoms with Crippen LogP contribution in [0.25, 0.3) is 6.08 Å². The maximum Gasteiger partial charge on any atom is 0.335 e. The lowest BCUT2D eigenvalue weighted by Crippen LogP contribution is -2.47. The number of hydrogen-bond acceptors (Lipinski definition) is 5. The number of carbonyl (C=O) groups is 3. The number of ether oxygens (including phenoxy) is 1. The Kier molecular flexibility index (Phi) is 6.60. The Labute approximate surface area is 201 Å². The van der Waals surface area contributed by atoms with E-state index in [-0.39, 0.29) is 24.6 Å². The molecule has 174 valence electrons. The predicted molar refractivity (Wildman–Crippen MR) is 130 cm³/mol. The summed E-state index contributed by atoms with van der Waals surface area (Å²) in [5, 5.41) is 18.4. The molecule has 0 aromatic heterocycles. The molecule has 0 atom stereocenters. The van der Waals surface area contributed by atoms with Crippen molar-refractivity contribution in [2.24, 2.45) is 0 Å². The molecule has 0 fully saturated rings. The number of nitriles is 1. The van der Waals surface area contributed by atoms with Crippen LogP contribution in [0.5, 0.6) is 5.75 Å². The molecule has 8 heteroatoms. The summed E-state index contributed by atoms with van der Waals surface area (Å²) in [6.07, 6.45) is 2.90. The van der Waals surface area contributed by atoms with E-state index in [9.17, 15) is 19.5 Å². The quantitative estimate of drug-likeness (QED) is 0.551. The second-order valence-corrected chi connectivity index (χ2v) is 7.79. The number of fused-ring (bicyclic) bond motifs is 1. The van der Waals surface area contributed by atoms with Gasteiger partial charge in [-0.1, -0.05) is 30.3 Å². The van der Waals surface area contributed by atoms with Gasteiger partial charge in [0.1, 0.15) is 12.3 Å². The number of aromatic carboxylic acids is 1. The first-order valence-corrected chi connectivity index (χ1v) is 10.7. The van der Waals surface area contributed by atoms with E-state index in [0.29, 0.717) is 28.3 Å². The third kappa shape index (κ3) is 4.89. The molecule has 35 heavy (non-hydrogen) atoms. The van der Waals surface area contributed by atoms with E-state index in [2.05, 4.69) is 0 Å². The Bertz CT molecular complexity index is 1370. The molecule has 2 amide bonds. The number of carboxylic acids is 1. The molecule has 3 aromatic rings. The Morgan fingerprint density at radius 3 is 2.51 bits per heavy atom. The lowest BCUT2D eigenvalue weighted by molar-refractivity contribution is -0.120. The Balaban J connectivity index is 1.69. The van der Waals surface area contributed by atoms with Gasteiger partial charge in [-0.15, -0.1) is 0 Å². The monoisotopic (exact) mass is 467 g/mol. The van der Waals surface area contributed by atoms with E-state index in [4.69, 9.17) is 10.00 Å². The molecule has 0 saturated carbocycles. The smallest absolute Gasteiger partial charge is 0.335 e. The lowest BCUT2D eigenvalue weighted by atomic mass is 10.1. The number of methoxy groups -OCH3 is 1. The van der Waals surface area contributed by atoms with Gasteiger partial charge in [-0.2, -0.15) is 5.26 Å². The van der Waals surface area contributed by atoms with E-state index >= 15 is 0 Å². The molecule has 1 aliphatic rings. The van der Waals surface area contributed by atoms with Crippen LogP contribution in [0.1, 0.15) is 27.0 Å². The third-order valence-electron chi connectivity index (χ3n) is 5.64. The summed E-state index contributed by atoms with van der Waals surface area (Å²) in [4.78, 5) is 40.7. The highest BCUT2D eigenvalue weighted by Gasteiger charge is 2.33. The topological polar surface area (TPSA) is 111 Å². The molecule has 1 aliphatic heterocycles. The van der Waals surface area contributed by atoms with Crippen LogP contribution >= 0.6 is 0 Å². The zero-order chi connectivity index (χ0) is 24.9. The van der Waals surface area contributed by atoms with Gasteiger partial charge in [-0.05, 0) is 48.0 Å². The lowest BCUT2D eigenvalue weighted by Gasteiger charge is -2.36. The van der Waals surface area contributed by atoms with E-state index in [1.165, 1.54) is 34.1 Å². The predicted octanol–water partition coefficient (Wildman–Crippen LogP) is 3.86. The molecule has 1 heterocycles. The van der Waals surface area contributed by atoms with E-state index in [0.717, 1.165) is 5.56 Å². The average Bonchev–Trinajstić information content (AvgIpc) is 2.88. The Hall–Kier alpha value is -4.90. The fourth-order valence-electron chi connectivity index (χ4n) is 3.84. The molecule has 3 aromatic carbocycles. The van der Waals surface area contributed by atoms with E-state index in [1.54, 1.807) is 43.5 Å². The summed E-state index contributed by atoms with van der Waals surface area (Å²) in [5.41, 5.74) is 2.74. The van der Waals surface area contributed by atoms with Crippen molar-refractivity contribution in [1.82, 2.24) is 0 Å². The van der Waals surface area contributed by atoms with Crippen molar-refractivity contribution >= 4 is 35.2 Å². The summed E-state index contributed by atoms with van der Waals surface area (Å²) >= 11 is 0. The van der Waals surface area contributed by atoms with Gasteiger partial charge in [0.15, 0.2) is 0 Å². The second kappa shape index (κ2) is 9.93. The van der Waals surface area contributed by atoms with Crippen molar-refractivity contribution in [3.8, 4) is 11.8 Å². The largest absolute Gasteiger partial charge is 0.496 e. The summed E-state index contributed by atoms with van der Waals surface area (Å²) in [7, 11) is 1.55. The van der Waals surface area contributed by atoms with Gasteiger partial charge in [0, 0.05) is 11.6 Å². The Morgan fingerprint density at radius 1 is 1.09 bits per heavy atom. The van der Waals surface area contributed by atoms with Crippen LogP contribution < -0.4 is 14.5 Å². The SMILES string of the molecule is COc1ccccc1CN1C(=O)CN(C(=O)/C=C/c2ccc(C#N)cc2)c2cc(C(=O)O)ccc21. The number of anilines is 2. The zero-order valence-corrected chi connectivity index (χ0v) is 18.8. The molecule has 0 bridgehead atoms. The highest BCUT2D eigenvalue weighted by Crippen LogP contribution is 2.36. The van der Waals surface area contributed by atoms with Crippen LogP contribution in [0.15, 0.2) is 72.8 Å². The summed E-state index contributed by atoms with van der Waals surface area (Å²) in [5.74, 6) is -1.30. The molecule has 0 unspecified atom stereocenters. The number of hydrogen-bond donors (Lipinski definition) is 1. The molecule has 8 nitrogen and oxygen atoms in total. The maximum absolute atomic E-state index is 13.2. The van der Waals surface area contributed by atoms with Gasteiger partial charge in [-0.25, -0.2) is 4.79 Å². The third-order valence-corrected chi connectivity index (χ3v) is 5.64. The van der Waals surface area contributed by atoms with Crippen molar-refractivity contribution < 1.29 is 24.2 Å². The molecule has 0 spiro atoms. The number of nitrogens with zero attached hydrogens (tertiary/aromatic N) is 3. The number of rotatable bonds is 6. The van der Waals surface area contributed by atoms with Gasteiger partial charge in [0.25, 0.3) is 5.91 Å². The standard InChI is InChI=1S/C27H21N3O5/c1-35-24-5-3-2-4-21(24)16-29-22-12-11-20(27(33)34)14-23(22)30(17-26(29)32)25(31)13-10-18-6-8-19(15-28)9-7-18/h2-14H,16-17H2,1H3,(H,33,34)/b13-10+. The minimum atomic E-state index is -1.14. The van der Waals surface area contributed by atoms with Gasteiger partial charge in [0.05, 0.1) is 42.2 Å². The number of carbonyl (C=O) groups excluding carboxylic acids is 2. The van der Waals surface area contributed by atoms with Gasteiger partial charge in [0.2, 0.25) is 5.91 Å². The first-order chi connectivity index (χ1) is 16.9. The van der Waals surface area contributed by atoms with E-state index in [1.807, 2.05) is 24.3 Å². The molecule has 1 N–H and O–H groups in total. The maximum atomic E-state index is 13.2. The fourth-order valence-corrected chi connectivity index (χ4v) is 3.84. The van der Waals surface area contributed by atoms with E-state index < -0.39 is 11.9 Å². The van der Waals surface area contributed by atoms with Crippen LogP contribution in [0, 0.1) is 11.3 Å². The minimum absolute atomic E-state index is 0.00390. The molecular formula is C27H21N3O5. The number of carboxylic acid groups (broad SMARTS) is 1. The van der Waals surface area contributed by atoms with Crippen LogP contribution in [0.3, 0.4) is 0 Å². The van der Waals surface area contributed by atoms with Gasteiger partial charge in [-0.3, -0.25) is 14.5 Å². The van der Waals surface area contributed by atoms with Gasteiger partial charge < -0.3 is 14.7 Å². The first kappa shape index (κ1) is 23.3. The molecule has 0 radical (unpaired) electrons. The Morgan fingerprint density at radius 2 is 1.83 bits per heavy atom. The van der Waals surface area contributed by atoms with Crippen molar-refractivity contribution in [3.63, 3.8) is 0 Å². The van der Waals surface area contributed by atoms with Gasteiger partial charge >= 0.3 is 5.97 Å². The van der Waals surface area contributed by atoms with Crippen LogP contribution in [-0.4, -0.2) is 36.5 Å². The summed E-state index contributed by atoms with van der Waals surface area (Å²) in [6.45, 7) is -0.0485. The normalized spacial score (nSPS) is 12.9. The summed E-state index contributed by atoms with van der Waals surface area (Å²) < 4.78 is 5.40. The molecule has 4 rings (SSSR count). The number of benzene rings is 3. The highest BCUT2D eigenvalue weighted by atomic mass is 16.5. The molecule has 0 saturated heterocycles. The molecular weight excluding hydrogens is 446 g/mol. The van der Waals surface area contributed by atoms with Crippen molar-refractivity contribution in [3.05, 3.63) is 95.1 Å². The van der Waals surface area contributed by atoms with Crippen molar-refractivity contribution in [2.45, 2.75) is 6.54 Å². The van der Waals surface area contributed by atoms with Crippen molar-refractivity contribution in [2.75, 3.05) is 23.5 Å². The summed E-state index contributed by atoms with van der Waals surface area (Å²) in [6, 6.07) is 20.4. The van der Waals surface area contributed by atoms with Crippen LogP contribution in [0.2, 0.25) is 0 Å². The van der Waals surface area contributed by atoms with Crippen LogP contribution in [-0.2, 0) is 16.1 Å². The number of para-hydroxylation sites is 1. The average molecular weight is 467 g/mol. The minimum Gasteiger partial charge on any atom is -0.496 e. The number of amides is 2. The zero-order valence-electron chi connectivity index (χ0n) is 18.8. The van der Waals surface area contributed by atoms with Crippen LogP contribution in [0.4, 0.5) is 11.4 Å². The molecule has 0 aliphatic carbocycles. The first-order valence-electron chi connectivity index (χ1n) is 10.7. The van der Waals surface area contributed by atoms with Crippen molar-refractivity contribution in [1.29, 1.82) is 5.26 Å². The fraction of sp³-hybridized carbons (Fsp3) is 0.111. The highest BCUT2D eigenvalue weighted by molar-refractivity contribution is 6.15. The second-order valence-electron chi connectivity index (χ2n) is 7.79.